The molecular formula is C22H24ClN3O3S. The van der Waals surface area contributed by atoms with E-state index in [1.807, 2.05) is 24.3 Å². The molecule has 158 valence electrons. The topological polar surface area (TPSA) is 106 Å². The molecule has 1 unspecified atom stereocenters. The highest BCUT2D eigenvalue weighted by molar-refractivity contribution is 7.90. The average Bonchev–Trinajstić information content (AvgIpc) is 3.34. The maximum Gasteiger partial charge on any atom is 0.235 e. The van der Waals surface area contributed by atoms with Crippen LogP contribution in [0.4, 0.5) is 0 Å². The Kier molecular flexibility index (Phi) is 5.36. The van der Waals surface area contributed by atoms with Crippen LogP contribution in [0, 0.1) is 5.92 Å². The molecule has 30 heavy (non-hydrogen) atoms. The Morgan fingerprint density at radius 3 is 2.53 bits per heavy atom. The summed E-state index contributed by atoms with van der Waals surface area (Å²) < 4.78 is 24.0. The van der Waals surface area contributed by atoms with Gasteiger partial charge in [0, 0.05) is 6.26 Å². The van der Waals surface area contributed by atoms with E-state index in [9.17, 15) is 13.2 Å². The third-order valence-corrected chi connectivity index (χ3v) is 7.69. The Bertz CT molecular complexity index is 1180. The number of hydrogen-bond donors (Lipinski definition) is 2. The Morgan fingerprint density at radius 1 is 1.23 bits per heavy atom. The minimum Gasteiger partial charge on any atom is -0.369 e. The fraction of sp³-hybridized carbons (Fsp3) is 0.364. The fourth-order valence-corrected chi connectivity index (χ4v) is 5.91. The van der Waals surface area contributed by atoms with Crippen LogP contribution in [0.3, 0.4) is 0 Å². The summed E-state index contributed by atoms with van der Waals surface area (Å²) in [4.78, 5) is 21.1. The lowest BCUT2D eigenvalue weighted by molar-refractivity contribution is -0.123. The lowest BCUT2D eigenvalue weighted by Gasteiger charge is -2.32. The molecule has 0 bridgehead atoms. The summed E-state index contributed by atoms with van der Waals surface area (Å²) >= 11 is 6.35. The van der Waals surface area contributed by atoms with Crippen molar-refractivity contribution in [2.75, 3.05) is 6.26 Å². The first-order chi connectivity index (χ1) is 14.2. The van der Waals surface area contributed by atoms with Gasteiger partial charge >= 0.3 is 0 Å². The smallest absolute Gasteiger partial charge is 0.235 e. The van der Waals surface area contributed by atoms with Crippen molar-refractivity contribution in [2.24, 2.45) is 11.7 Å². The molecule has 1 fully saturated rings. The molecule has 1 atom stereocenters. The fourth-order valence-electron chi connectivity index (χ4n) is 4.58. The number of aromatic amines is 1. The molecule has 1 heterocycles. The van der Waals surface area contributed by atoms with Gasteiger partial charge in [0.1, 0.15) is 11.2 Å². The molecule has 2 aromatic carbocycles. The molecule has 1 aliphatic carbocycles. The SMILES string of the molecule is CS(=O)(=O)c1ccc(C(CC2CCCC2)(C(N)=O)c2nc3ccccc3[nH]2)cc1Cl. The van der Waals surface area contributed by atoms with Crippen LogP contribution in [-0.4, -0.2) is 30.5 Å². The monoisotopic (exact) mass is 445 g/mol. The van der Waals surface area contributed by atoms with Crippen molar-refractivity contribution in [2.45, 2.75) is 42.4 Å². The molecule has 1 saturated carbocycles. The Labute approximate surface area is 180 Å². The highest BCUT2D eigenvalue weighted by Gasteiger charge is 2.46. The van der Waals surface area contributed by atoms with Crippen molar-refractivity contribution in [3.05, 3.63) is 58.9 Å². The molecule has 1 aromatic heterocycles. The van der Waals surface area contributed by atoms with Gasteiger partial charge in [-0.15, -0.1) is 0 Å². The number of para-hydroxylation sites is 2. The van der Waals surface area contributed by atoms with Crippen molar-refractivity contribution in [3.63, 3.8) is 0 Å². The van der Waals surface area contributed by atoms with Gasteiger partial charge in [0.15, 0.2) is 9.84 Å². The number of carbonyl (C=O) groups excluding carboxylic acids is 1. The summed E-state index contributed by atoms with van der Waals surface area (Å²) in [6.45, 7) is 0. The number of nitrogens with zero attached hydrogens (tertiary/aromatic N) is 1. The molecule has 0 spiro atoms. The molecule has 6 nitrogen and oxygen atoms in total. The largest absolute Gasteiger partial charge is 0.369 e. The van der Waals surface area contributed by atoms with Crippen molar-refractivity contribution in [1.82, 2.24) is 9.97 Å². The second-order valence-electron chi connectivity index (χ2n) is 8.14. The minimum absolute atomic E-state index is 0.0248. The zero-order chi connectivity index (χ0) is 21.5. The number of nitrogens with one attached hydrogen (secondary N) is 1. The minimum atomic E-state index is -3.50. The summed E-state index contributed by atoms with van der Waals surface area (Å²) in [5, 5.41) is 0.0724. The average molecular weight is 446 g/mol. The van der Waals surface area contributed by atoms with Crippen LogP contribution in [0.2, 0.25) is 5.02 Å². The van der Waals surface area contributed by atoms with E-state index >= 15 is 0 Å². The van der Waals surface area contributed by atoms with E-state index < -0.39 is 21.2 Å². The number of nitrogens with two attached hydrogens (primary N) is 1. The van der Waals surface area contributed by atoms with Crippen molar-refractivity contribution >= 4 is 38.4 Å². The summed E-state index contributed by atoms with van der Waals surface area (Å²) in [6, 6.07) is 12.2. The third-order valence-electron chi connectivity index (χ3n) is 6.11. The number of halogens is 1. The summed E-state index contributed by atoms with van der Waals surface area (Å²) in [5.41, 5.74) is 6.92. The number of primary amides is 1. The van der Waals surface area contributed by atoms with Gasteiger partial charge in [-0.2, -0.15) is 0 Å². The molecule has 8 heteroatoms. The van der Waals surface area contributed by atoms with Gasteiger partial charge in [-0.05, 0) is 42.2 Å². The highest BCUT2D eigenvalue weighted by atomic mass is 35.5. The lowest BCUT2D eigenvalue weighted by Crippen LogP contribution is -2.44. The summed E-state index contributed by atoms with van der Waals surface area (Å²) in [7, 11) is -3.50. The first-order valence-corrected chi connectivity index (χ1v) is 12.2. The van der Waals surface area contributed by atoms with E-state index in [0.717, 1.165) is 43.0 Å². The van der Waals surface area contributed by atoms with E-state index in [-0.39, 0.29) is 9.92 Å². The van der Waals surface area contributed by atoms with Gasteiger partial charge < -0.3 is 10.7 Å². The Balaban J connectivity index is 1.94. The van der Waals surface area contributed by atoms with E-state index in [0.29, 0.717) is 23.7 Å². The van der Waals surface area contributed by atoms with Gasteiger partial charge in [-0.25, -0.2) is 13.4 Å². The molecule has 0 radical (unpaired) electrons. The number of amides is 1. The number of imidazole rings is 1. The molecule has 3 aromatic rings. The van der Waals surface area contributed by atoms with Gasteiger partial charge in [0.05, 0.1) is 21.0 Å². The predicted molar refractivity (Wildman–Crippen MR) is 117 cm³/mol. The molecule has 0 aliphatic heterocycles. The predicted octanol–water partition coefficient (Wildman–Crippen LogP) is 3.97. The first-order valence-electron chi connectivity index (χ1n) is 9.97. The summed E-state index contributed by atoms with van der Waals surface area (Å²) in [6.07, 6.45) is 5.87. The van der Waals surface area contributed by atoms with E-state index in [1.54, 1.807) is 12.1 Å². The van der Waals surface area contributed by atoms with Crippen LogP contribution in [0.1, 0.15) is 43.5 Å². The number of hydrogen-bond acceptors (Lipinski definition) is 4. The van der Waals surface area contributed by atoms with Crippen molar-refractivity contribution < 1.29 is 13.2 Å². The van der Waals surface area contributed by atoms with Crippen LogP contribution in [0.5, 0.6) is 0 Å². The summed E-state index contributed by atoms with van der Waals surface area (Å²) in [5.74, 6) is 0.252. The maximum atomic E-state index is 13.1. The highest BCUT2D eigenvalue weighted by Crippen LogP contribution is 2.43. The lowest BCUT2D eigenvalue weighted by atomic mass is 9.72. The number of carbonyl (C=O) groups is 1. The van der Waals surface area contributed by atoms with Crippen molar-refractivity contribution in [3.8, 4) is 0 Å². The second kappa shape index (κ2) is 7.71. The molecule has 4 rings (SSSR count). The molecule has 0 saturated heterocycles. The first kappa shape index (κ1) is 20.9. The van der Waals surface area contributed by atoms with Crippen LogP contribution >= 0.6 is 11.6 Å². The normalized spacial score (nSPS) is 17.3. The van der Waals surface area contributed by atoms with Gasteiger partial charge in [-0.3, -0.25) is 4.79 Å². The van der Waals surface area contributed by atoms with Gasteiger partial charge in [-0.1, -0.05) is 55.5 Å². The molecule has 1 amide bonds. The Hall–Kier alpha value is -2.38. The molecule has 3 N–H and O–H groups in total. The number of benzene rings is 2. The van der Waals surface area contributed by atoms with Crippen LogP contribution in [0.15, 0.2) is 47.4 Å². The number of H-pyrrole nitrogens is 1. The quantitative estimate of drug-likeness (QED) is 0.598. The van der Waals surface area contributed by atoms with Gasteiger partial charge in [0.2, 0.25) is 5.91 Å². The zero-order valence-electron chi connectivity index (χ0n) is 16.7. The maximum absolute atomic E-state index is 13.1. The molecular weight excluding hydrogens is 422 g/mol. The van der Waals surface area contributed by atoms with E-state index in [2.05, 4.69) is 4.98 Å². The number of aromatic nitrogens is 2. The van der Waals surface area contributed by atoms with E-state index in [1.165, 1.54) is 6.07 Å². The standard InChI is InChI=1S/C22H24ClN3O3S/c1-30(28,29)19-11-10-15(12-16(19)23)22(20(24)27,13-14-6-2-3-7-14)21-25-17-8-4-5-9-18(17)26-21/h4-5,8-12,14H,2-3,6-7,13H2,1H3,(H2,24,27)(H,25,26). The number of fused-ring (bicyclic) bond motifs is 1. The molecule has 1 aliphatic rings. The van der Waals surface area contributed by atoms with Gasteiger partial charge in [0.25, 0.3) is 0 Å². The van der Waals surface area contributed by atoms with E-state index in [4.69, 9.17) is 22.3 Å². The van der Waals surface area contributed by atoms with Crippen molar-refractivity contribution in [1.29, 1.82) is 0 Å². The van der Waals surface area contributed by atoms with Crippen LogP contribution in [0.25, 0.3) is 11.0 Å². The zero-order valence-corrected chi connectivity index (χ0v) is 18.3. The second-order valence-corrected chi connectivity index (χ2v) is 10.5. The van der Waals surface area contributed by atoms with Crippen LogP contribution in [-0.2, 0) is 20.0 Å². The third kappa shape index (κ3) is 3.61. The Morgan fingerprint density at radius 2 is 1.93 bits per heavy atom. The van der Waals surface area contributed by atoms with Crippen LogP contribution < -0.4 is 5.73 Å². The number of sulfone groups is 1. The number of rotatable bonds is 6.